The van der Waals surface area contributed by atoms with Crippen LogP contribution < -0.4 is 10.1 Å². The van der Waals surface area contributed by atoms with Gasteiger partial charge >= 0.3 is 0 Å². The van der Waals surface area contributed by atoms with Crippen molar-refractivity contribution in [3.05, 3.63) is 28.8 Å². The molecular weight excluding hydrogens is 264 g/mol. The molecule has 0 aliphatic carbocycles. The van der Waals surface area contributed by atoms with Crippen LogP contribution in [0.15, 0.2) is 12.1 Å². The second kappa shape index (κ2) is 7.25. The molecule has 0 aromatic heterocycles. The predicted octanol–water partition coefficient (Wildman–Crippen LogP) is 2.29. The molecule has 0 spiro atoms. The highest BCUT2D eigenvalue weighted by Gasteiger charge is 2.30. The van der Waals surface area contributed by atoms with Crippen molar-refractivity contribution in [1.82, 2.24) is 10.2 Å². The molecule has 0 saturated carbocycles. The number of aryl methyl sites for hydroxylation is 1. The first kappa shape index (κ1) is 16.3. The van der Waals surface area contributed by atoms with Crippen molar-refractivity contribution in [2.75, 3.05) is 40.4 Å². The van der Waals surface area contributed by atoms with Gasteiger partial charge in [-0.05, 0) is 38.6 Å². The molecule has 0 amide bonds. The van der Waals surface area contributed by atoms with Crippen LogP contribution in [-0.2, 0) is 4.74 Å². The number of rotatable bonds is 5. The number of morpholine rings is 1. The van der Waals surface area contributed by atoms with Gasteiger partial charge in [0.1, 0.15) is 5.75 Å². The van der Waals surface area contributed by atoms with Gasteiger partial charge in [-0.3, -0.25) is 0 Å². The Balaban J connectivity index is 2.35. The summed E-state index contributed by atoms with van der Waals surface area (Å²) in [5.41, 5.74) is 3.66. The molecule has 1 heterocycles. The molecule has 4 nitrogen and oxygen atoms in total. The zero-order valence-electron chi connectivity index (χ0n) is 13.9. The van der Waals surface area contributed by atoms with Crippen LogP contribution in [0.25, 0.3) is 0 Å². The first-order chi connectivity index (χ1) is 10.1. The Morgan fingerprint density at radius 2 is 2.19 bits per heavy atom. The van der Waals surface area contributed by atoms with Crippen molar-refractivity contribution in [3.63, 3.8) is 0 Å². The zero-order valence-corrected chi connectivity index (χ0v) is 13.9. The summed E-state index contributed by atoms with van der Waals surface area (Å²) in [5.74, 6) is 0.984. The minimum atomic E-state index is 0.153. The summed E-state index contributed by atoms with van der Waals surface area (Å²) in [6.07, 6.45) is 0.153. The molecule has 1 aromatic carbocycles. The lowest BCUT2D eigenvalue weighted by molar-refractivity contribution is -0.0393. The zero-order chi connectivity index (χ0) is 15.4. The maximum Gasteiger partial charge on any atom is 0.126 e. The fraction of sp³-hybridized carbons (Fsp3) is 0.647. The van der Waals surface area contributed by atoms with Gasteiger partial charge in [0.15, 0.2) is 0 Å². The first-order valence-corrected chi connectivity index (χ1v) is 7.76. The van der Waals surface area contributed by atoms with Gasteiger partial charge in [0.2, 0.25) is 0 Å². The molecule has 1 fully saturated rings. The lowest BCUT2D eigenvalue weighted by Crippen LogP contribution is -2.46. The summed E-state index contributed by atoms with van der Waals surface area (Å²) < 4.78 is 11.7. The van der Waals surface area contributed by atoms with E-state index in [1.807, 2.05) is 0 Å². The Kier molecular flexibility index (Phi) is 5.62. The summed E-state index contributed by atoms with van der Waals surface area (Å²) in [6.45, 7) is 10.0. The van der Waals surface area contributed by atoms with Crippen molar-refractivity contribution >= 4 is 0 Å². The highest BCUT2D eigenvalue weighted by molar-refractivity contribution is 5.47. The van der Waals surface area contributed by atoms with Crippen molar-refractivity contribution < 1.29 is 9.47 Å². The maximum absolute atomic E-state index is 6.03. The third kappa shape index (κ3) is 3.57. The predicted molar refractivity (Wildman–Crippen MR) is 86.1 cm³/mol. The Hall–Kier alpha value is -1.10. The number of likely N-dealkylation sites (N-methyl/N-ethyl adjacent to an activating group) is 2. The summed E-state index contributed by atoms with van der Waals surface area (Å²) in [7, 11) is 3.90. The number of methoxy groups -OCH3 is 1. The van der Waals surface area contributed by atoms with E-state index in [1.54, 1.807) is 7.11 Å². The topological polar surface area (TPSA) is 33.7 Å². The lowest BCUT2D eigenvalue weighted by Gasteiger charge is -2.36. The third-order valence-electron chi connectivity index (χ3n) is 4.34. The molecular formula is C17H28N2O2. The standard InChI is InChI=1S/C17H28N2O2/c1-6-18-16(15-11-19(4)9-10-21-15)14-8-7-12(2)13(3)17(14)20-5/h7-8,15-16,18H,6,9-11H2,1-5H3. The molecule has 1 aliphatic rings. The van der Waals surface area contributed by atoms with Crippen LogP contribution in [0.3, 0.4) is 0 Å². The van der Waals surface area contributed by atoms with Gasteiger partial charge in [-0.1, -0.05) is 19.1 Å². The summed E-state index contributed by atoms with van der Waals surface area (Å²) >= 11 is 0. The average molecular weight is 292 g/mol. The summed E-state index contributed by atoms with van der Waals surface area (Å²) in [4.78, 5) is 2.33. The second-order valence-electron chi connectivity index (χ2n) is 5.84. The third-order valence-corrected chi connectivity index (χ3v) is 4.34. The highest BCUT2D eigenvalue weighted by Crippen LogP contribution is 2.34. The minimum absolute atomic E-state index is 0.153. The number of hydrogen-bond donors (Lipinski definition) is 1. The minimum Gasteiger partial charge on any atom is -0.496 e. The quantitative estimate of drug-likeness (QED) is 0.903. The Morgan fingerprint density at radius 1 is 1.43 bits per heavy atom. The van der Waals surface area contributed by atoms with Gasteiger partial charge in [-0.15, -0.1) is 0 Å². The largest absolute Gasteiger partial charge is 0.496 e. The molecule has 1 saturated heterocycles. The van der Waals surface area contributed by atoms with Gasteiger partial charge in [0, 0.05) is 18.7 Å². The molecule has 2 rings (SSSR count). The summed E-state index contributed by atoms with van der Waals surface area (Å²) in [6, 6.07) is 4.50. The lowest BCUT2D eigenvalue weighted by atomic mass is 9.95. The molecule has 2 unspecified atom stereocenters. The van der Waals surface area contributed by atoms with E-state index in [0.29, 0.717) is 0 Å². The van der Waals surface area contributed by atoms with Gasteiger partial charge < -0.3 is 19.7 Å². The molecule has 0 bridgehead atoms. The first-order valence-electron chi connectivity index (χ1n) is 7.76. The van der Waals surface area contributed by atoms with Crippen LogP contribution in [0.2, 0.25) is 0 Å². The normalized spacial score (nSPS) is 21.3. The molecule has 0 radical (unpaired) electrons. The number of hydrogen-bond acceptors (Lipinski definition) is 4. The van der Waals surface area contributed by atoms with Crippen LogP contribution in [0.5, 0.6) is 5.75 Å². The van der Waals surface area contributed by atoms with Crippen molar-refractivity contribution in [2.24, 2.45) is 0 Å². The van der Waals surface area contributed by atoms with Gasteiger partial charge in [-0.2, -0.15) is 0 Å². The fourth-order valence-electron chi connectivity index (χ4n) is 3.00. The van der Waals surface area contributed by atoms with E-state index in [-0.39, 0.29) is 12.1 Å². The van der Waals surface area contributed by atoms with E-state index in [2.05, 4.69) is 50.2 Å². The van der Waals surface area contributed by atoms with E-state index < -0.39 is 0 Å². The van der Waals surface area contributed by atoms with E-state index in [1.165, 1.54) is 16.7 Å². The van der Waals surface area contributed by atoms with E-state index in [0.717, 1.165) is 32.0 Å². The molecule has 21 heavy (non-hydrogen) atoms. The van der Waals surface area contributed by atoms with E-state index in [9.17, 15) is 0 Å². The monoisotopic (exact) mass is 292 g/mol. The average Bonchev–Trinajstić information content (AvgIpc) is 2.48. The molecule has 4 heteroatoms. The van der Waals surface area contributed by atoms with Crippen molar-refractivity contribution in [1.29, 1.82) is 0 Å². The van der Waals surface area contributed by atoms with Crippen LogP contribution in [0.1, 0.15) is 29.7 Å². The molecule has 1 aliphatic heterocycles. The number of ether oxygens (including phenoxy) is 2. The highest BCUT2D eigenvalue weighted by atomic mass is 16.5. The Bertz CT molecular complexity index is 476. The fourth-order valence-corrected chi connectivity index (χ4v) is 3.00. The van der Waals surface area contributed by atoms with Gasteiger partial charge in [0.05, 0.1) is 25.9 Å². The number of benzene rings is 1. The molecule has 118 valence electrons. The smallest absolute Gasteiger partial charge is 0.126 e. The molecule has 1 N–H and O–H groups in total. The van der Waals surface area contributed by atoms with Crippen LogP contribution in [-0.4, -0.2) is 51.4 Å². The SMILES string of the molecule is CCNC(c1ccc(C)c(C)c1OC)C1CN(C)CCO1. The van der Waals surface area contributed by atoms with E-state index >= 15 is 0 Å². The number of nitrogens with zero attached hydrogens (tertiary/aromatic N) is 1. The number of nitrogens with one attached hydrogen (secondary N) is 1. The van der Waals surface area contributed by atoms with Gasteiger partial charge in [0.25, 0.3) is 0 Å². The van der Waals surface area contributed by atoms with Crippen molar-refractivity contribution in [3.8, 4) is 5.75 Å². The van der Waals surface area contributed by atoms with Crippen LogP contribution in [0.4, 0.5) is 0 Å². The van der Waals surface area contributed by atoms with Crippen molar-refractivity contribution in [2.45, 2.75) is 32.9 Å². The Labute approximate surface area is 128 Å². The molecule has 1 aromatic rings. The maximum atomic E-state index is 6.03. The molecule has 2 atom stereocenters. The van der Waals surface area contributed by atoms with Crippen LogP contribution in [0, 0.1) is 13.8 Å². The second-order valence-corrected chi connectivity index (χ2v) is 5.84. The Morgan fingerprint density at radius 3 is 2.81 bits per heavy atom. The van der Waals surface area contributed by atoms with Crippen LogP contribution >= 0.6 is 0 Å². The summed E-state index contributed by atoms with van der Waals surface area (Å²) in [5, 5.41) is 3.58. The van der Waals surface area contributed by atoms with Gasteiger partial charge in [-0.25, -0.2) is 0 Å². The van der Waals surface area contributed by atoms with E-state index in [4.69, 9.17) is 9.47 Å².